The highest BCUT2D eigenvalue weighted by molar-refractivity contribution is 5.96. The zero-order chi connectivity index (χ0) is 19.8. The van der Waals surface area contributed by atoms with E-state index in [1.807, 2.05) is 0 Å². The van der Waals surface area contributed by atoms with E-state index in [4.69, 9.17) is 14.2 Å². The summed E-state index contributed by atoms with van der Waals surface area (Å²) < 4.78 is 17.9. The van der Waals surface area contributed by atoms with E-state index in [1.54, 1.807) is 0 Å². The molecular weight excluding hydrogens is 344 g/mol. The van der Waals surface area contributed by atoms with Gasteiger partial charge in [0.05, 0.1) is 23.4 Å². The van der Waals surface area contributed by atoms with E-state index in [-0.39, 0.29) is 52.4 Å². The van der Waals surface area contributed by atoms with Crippen LogP contribution in [-0.4, -0.2) is 41.3 Å². The Hall–Kier alpha value is -1.20. The molecule has 0 amide bonds. The van der Waals surface area contributed by atoms with Crippen molar-refractivity contribution in [1.82, 2.24) is 0 Å². The normalized spacial score (nSPS) is 48.4. The number of epoxide rings is 2. The molecule has 4 aliphatic rings. The predicted molar refractivity (Wildman–Crippen MR) is 100 cm³/mol. The van der Waals surface area contributed by atoms with Crippen LogP contribution in [0.4, 0.5) is 0 Å². The van der Waals surface area contributed by atoms with Crippen LogP contribution in [0.5, 0.6) is 0 Å². The molecule has 27 heavy (non-hydrogen) atoms. The number of carbonyl (C=O) groups is 2. The third-order valence-electron chi connectivity index (χ3n) is 7.79. The third-order valence-corrected chi connectivity index (χ3v) is 7.79. The van der Waals surface area contributed by atoms with E-state index in [2.05, 4.69) is 34.3 Å². The van der Waals surface area contributed by atoms with E-state index in [0.717, 1.165) is 19.3 Å². The van der Waals surface area contributed by atoms with E-state index < -0.39 is 6.10 Å². The molecule has 5 heteroatoms. The first-order chi connectivity index (χ1) is 12.5. The highest BCUT2D eigenvalue weighted by Crippen LogP contribution is 2.57. The highest BCUT2D eigenvalue weighted by Gasteiger charge is 2.62. The molecule has 0 aromatic carbocycles. The van der Waals surface area contributed by atoms with Crippen molar-refractivity contribution >= 4 is 11.8 Å². The number of esters is 1. The fraction of sp³-hybridized carbons (Fsp3) is 0.818. The molecule has 2 aliphatic carbocycles. The van der Waals surface area contributed by atoms with Crippen molar-refractivity contribution in [3.8, 4) is 0 Å². The van der Waals surface area contributed by atoms with E-state index >= 15 is 0 Å². The number of rotatable bonds is 1. The second kappa shape index (κ2) is 5.90. The van der Waals surface area contributed by atoms with Crippen molar-refractivity contribution in [3.05, 3.63) is 12.2 Å². The quantitative estimate of drug-likeness (QED) is 0.397. The number of Topliss-reactive ketones (excluding diaryl/α,β-unsaturated/α-hetero) is 1. The van der Waals surface area contributed by atoms with Crippen molar-refractivity contribution in [2.45, 2.75) is 96.2 Å². The van der Waals surface area contributed by atoms with Gasteiger partial charge in [-0.1, -0.05) is 20.4 Å². The Morgan fingerprint density at radius 2 is 1.81 bits per heavy atom. The summed E-state index contributed by atoms with van der Waals surface area (Å²) in [5, 5.41) is 0. The number of ketones is 1. The van der Waals surface area contributed by atoms with Crippen LogP contribution in [0.15, 0.2) is 12.2 Å². The zero-order valence-electron chi connectivity index (χ0n) is 17.2. The molecule has 0 N–H and O–H groups in total. The molecule has 2 aliphatic heterocycles. The molecule has 0 aromatic heterocycles. The Labute approximate surface area is 161 Å². The largest absolute Gasteiger partial charge is 0.462 e. The fourth-order valence-corrected chi connectivity index (χ4v) is 5.74. The Kier molecular flexibility index (Phi) is 4.18. The van der Waals surface area contributed by atoms with Gasteiger partial charge >= 0.3 is 5.97 Å². The smallest absolute Gasteiger partial charge is 0.302 e. The van der Waals surface area contributed by atoms with Crippen LogP contribution in [0.1, 0.15) is 66.7 Å². The monoisotopic (exact) mass is 376 g/mol. The van der Waals surface area contributed by atoms with Crippen LogP contribution in [0.2, 0.25) is 0 Å². The van der Waals surface area contributed by atoms with Gasteiger partial charge in [-0.2, -0.15) is 0 Å². The number of fused-ring (bicyclic) bond motifs is 4. The van der Waals surface area contributed by atoms with Gasteiger partial charge in [0.15, 0.2) is 5.78 Å². The lowest BCUT2D eigenvalue weighted by atomic mass is 9.56. The molecular formula is C22H32O5. The molecule has 5 nitrogen and oxygen atoms in total. The van der Waals surface area contributed by atoms with Gasteiger partial charge < -0.3 is 14.2 Å². The van der Waals surface area contributed by atoms with Gasteiger partial charge in [0.1, 0.15) is 6.10 Å². The van der Waals surface area contributed by atoms with Crippen LogP contribution in [0.3, 0.4) is 0 Å². The van der Waals surface area contributed by atoms with Crippen LogP contribution in [0, 0.1) is 17.3 Å². The summed E-state index contributed by atoms with van der Waals surface area (Å²) in [6.45, 7) is 14.2. The third kappa shape index (κ3) is 3.17. The standard InChI is InChI=1S/C22H32O5/c1-12-15(24)9-14-10-18-21(5,27-18)8-7-17-22(6,26-17)11-16(25-13(2)23)19(12)20(14,3)4/h14,16-19H,1,7-11H2,2-6H3/t14-,16+,17-,18+,19-,21-,22-/m0/s1. The molecule has 2 bridgehead atoms. The molecule has 150 valence electrons. The predicted octanol–water partition coefficient (Wildman–Crippen LogP) is 3.59. The molecule has 2 heterocycles. The first-order valence-corrected chi connectivity index (χ1v) is 10.2. The minimum absolute atomic E-state index is 0.0928. The Bertz CT molecular complexity index is 697. The van der Waals surface area contributed by atoms with E-state index in [0.29, 0.717) is 18.4 Å². The topological polar surface area (TPSA) is 68.4 Å². The second-order valence-electron chi connectivity index (χ2n) is 10.1. The molecule has 0 spiro atoms. The summed E-state index contributed by atoms with van der Waals surface area (Å²) in [4.78, 5) is 24.7. The molecule has 0 aromatic rings. The highest BCUT2D eigenvalue weighted by atomic mass is 16.6. The molecule has 0 radical (unpaired) electrons. The summed E-state index contributed by atoms with van der Waals surface area (Å²) in [6, 6.07) is 0. The lowest BCUT2D eigenvalue weighted by molar-refractivity contribution is -0.155. The summed E-state index contributed by atoms with van der Waals surface area (Å²) >= 11 is 0. The maximum Gasteiger partial charge on any atom is 0.302 e. The van der Waals surface area contributed by atoms with Crippen LogP contribution >= 0.6 is 0 Å². The number of hydrogen-bond donors (Lipinski definition) is 0. The van der Waals surface area contributed by atoms with Gasteiger partial charge in [-0.3, -0.25) is 9.59 Å². The van der Waals surface area contributed by atoms with Gasteiger partial charge in [-0.15, -0.1) is 0 Å². The maximum absolute atomic E-state index is 12.8. The Morgan fingerprint density at radius 3 is 2.48 bits per heavy atom. The molecule has 2 saturated carbocycles. The SMILES string of the molecule is C=C1C(=O)C[C@H]2C[C@H]3O[C@@]3(C)CC[C@@H]3O[C@@]3(C)C[C@@H](OC(C)=O)[C@H]1C2(C)C. The average molecular weight is 376 g/mol. The first-order valence-electron chi connectivity index (χ1n) is 10.2. The minimum Gasteiger partial charge on any atom is -0.462 e. The van der Waals surface area contributed by atoms with Crippen molar-refractivity contribution < 1.29 is 23.8 Å². The molecule has 7 atom stereocenters. The van der Waals surface area contributed by atoms with Crippen molar-refractivity contribution in [3.63, 3.8) is 0 Å². The number of ether oxygens (including phenoxy) is 3. The molecule has 4 rings (SSSR count). The van der Waals surface area contributed by atoms with Gasteiger partial charge in [-0.05, 0) is 50.0 Å². The van der Waals surface area contributed by atoms with E-state index in [1.165, 1.54) is 6.92 Å². The average Bonchev–Trinajstić information content (AvgIpc) is 3.38. The Morgan fingerprint density at radius 1 is 1.15 bits per heavy atom. The molecule has 2 saturated heterocycles. The molecule has 4 fully saturated rings. The lowest BCUT2D eigenvalue weighted by Crippen LogP contribution is -2.49. The molecule has 0 unspecified atom stereocenters. The summed E-state index contributed by atoms with van der Waals surface area (Å²) in [5.74, 6) is -0.226. The summed E-state index contributed by atoms with van der Waals surface area (Å²) in [7, 11) is 0. The second-order valence-corrected chi connectivity index (χ2v) is 10.1. The number of carbonyl (C=O) groups excluding carboxylic acids is 2. The Balaban J connectivity index is 1.72. The van der Waals surface area contributed by atoms with Gasteiger partial charge in [0, 0.05) is 25.7 Å². The zero-order valence-corrected chi connectivity index (χ0v) is 17.2. The van der Waals surface area contributed by atoms with Crippen molar-refractivity contribution in [1.29, 1.82) is 0 Å². The van der Waals surface area contributed by atoms with Crippen LogP contribution in [-0.2, 0) is 23.8 Å². The van der Waals surface area contributed by atoms with Gasteiger partial charge in [-0.25, -0.2) is 0 Å². The fourth-order valence-electron chi connectivity index (χ4n) is 5.74. The van der Waals surface area contributed by atoms with Crippen LogP contribution < -0.4 is 0 Å². The first kappa shape index (κ1) is 19.1. The summed E-state index contributed by atoms with van der Waals surface area (Å²) in [5.41, 5.74) is -0.0192. The van der Waals surface area contributed by atoms with Gasteiger partial charge in [0.25, 0.3) is 0 Å². The maximum atomic E-state index is 12.8. The van der Waals surface area contributed by atoms with Crippen molar-refractivity contribution in [2.75, 3.05) is 0 Å². The van der Waals surface area contributed by atoms with Crippen molar-refractivity contribution in [2.24, 2.45) is 17.3 Å². The van der Waals surface area contributed by atoms with E-state index in [9.17, 15) is 9.59 Å². The minimum atomic E-state index is -0.391. The number of hydrogen-bond acceptors (Lipinski definition) is 5. The summed E-state index contributed by atoms with van der Waals surface area (Å²) in [6.07, 6.45) is 3.85. The lowest BCUT2D eigenvalue weighted by Gasteiger charge is -2.48. The van der Waals surface area contributed by atoms with Gasteiger partial charge in [0.2, 0.25) is 0 Å². The van der Waals surface area contributed by atoms with Crippen LogP contribution in [0.25, 0.3) is 0 Å².